The van der Waals surface area contributed by atoms with Crippen LogP contribution in [-0.2, 0) is 0 Å². The topological polar surface area (TPSA) is 96.1 Å². The first-order valence-corrected chi connectivity index (χ1v) is 5.17. The largest absolute Gasteiger partial charge is 0.503 e. The predicted octanol–water partition coefficient (Wildman–Crippen LogP) is 0.784. The maximum Gasteiger partial charge on any atom is 0.176 e. The molecule has 2 heterocycles. The summed E-state index contributed by atoms with van der Waals surface area (Å²) in [5, 5.41) is 9.30. The zero-order valence-electron chi connectivity index (χ0n) is 8.88. The highest BCUT2D eigenvalue weighted by molar-refractivity contribution is 5.57. The highest BCUT2D eigenvalue weighted by atomic mass is 16.3. The van der Waals surface area contributed by atoms with E-state index in [0.717, 1.165) is 11.3 Å². The third kappa shape index (κ3) is 1.55. The molecule has 0 radical (unpaired) electrons. The summed E-state index contributed by atoms with van der Waals surface area (Å²) in [7, 11) is 0. The van der Waals surface area contributed by atoms with E-state index in [4.69, 9.17) is 5.73 Å². The van der Waals surface area contributed by atoms with Gasteiger partial charge in [-0.1, -0.05) is 18.2 Å². The molecule has 0 aliphatic carbocycles. The number of rotatable bonds is 1. The number of nitrogen functional groups attached to an aromatic ring is 1. The number of benzene rings is 1. The molecule has 0 amide bonds. The molecule has 2 aromatic rings. The van der Waals surface area contributed by atoms with Crippen molar-refractivity contribution in [3.05, 3.63) is 41.9 Å². The summed E-state index contributed by atoms with van der Waals surface area (Å²) < 4.78 is 0. The van der Waals surface area contributed by atoms with Crippen LogP contribution in [-0.4, -0.2) is 15.1 Å². The molecule has 0 saturated heterocycles. The van der Waals surface area contributed by atoms with E-state index in [0.29, 0.717) is 5.82 Å². The van der Waals surface area contributed by atoms with E-state index < -0.39 is 0 Å². The zero-order valence-corrected chi connectivity index (χ0v) is 8.88. The monoisotopic (exact) mass is 229 g/mol. The number of hydrogen-bond acceptors (Lipinski definition) is 6. The van der Waals surface area contributed by atoms with Gasteiger partial charge in [0.2, 0.25) is 0 Å². The van der Waals surface area contributed by atoms with Crippen LogP contribution in [0.4, 0.5) is 11.5 Å². The summed E-state index contributed by atoms with van der Waals surface area (Å²) in [6.07, 6.45) is 1.31. The molecule has 1 aliphatic heterocycles. The Morgan fingerprint density at radius 2 is 2.12 bits per heavy atom. The second kappa shape index (κ2) is 3.60. The Kier molecular flexibility index (Phi) is 2.09. The van der Waals surface area contributed by atoms with Gasteiger partial charge < -0.3 is 16.3 Å². The van der Waals surface area contributed by atoms with Crippen molar-refractivity contribution in [2.24, 2.45) is 0 Å². The lowest BCUT2D eigenvalue weighted by atomic mass is 10.1. The fraction of sp³-hybridized carbons (Fsp3) is 0.0909. The van der Waals surface area contributed by atoms with Gasteiger partial charge in [0.15, 0.2) is 17.4 Å². The van der Waals surface area contributed by atoms with Crippen molar-refractivity contribution in [1.29, 1.82) is 0 Å². The standard InChI is InChI=1S/C11H11N5O/c12-10-8(17)5-13-11(14-10)9-6-3-1-2-4-7(6)15-16-9/h1-5,9,15-17H,(H2,12,13,14). The molecule has 6 heteroatoms. The van der Waals surface area contributed by atoms with Gasteiger partial charge in [-0.3, -0.25) is 0 Å². The normalized spacial score (nSPS) is 17.5. The van der Waals surface area contributed by atoms with E-state index in [1.807, 2.05) is 24.3 Å². The third-order valence-corrected chi connectivity index (χ3v) is 2.70. The molecule has 1 aromatic heterocycles. The third-order valence-electron chi connectivity index (χ3n) is 2.70. The first kappa shape index (κ1) is 9.86. The molecule has 5 N–H and O–H groups in total. The number of fused-ring (bicyclic) bond motifs is 1. The van der Waals surface area contributed by atoms with Gasteiger partial charge in [-0.25, -0.2) is 15.4 Å². The Morgan fingerprint density at radius 3 is 2.94 bits per heavy atom. The molecular weight excluding hydrogens is 218 g/mol. The number of nitrogens with zero attached hydrogens (tertiary/aromatic N) is 2. The van der Waals surface area contributed by atoms with E-state index in [9.17, 15) is 5.11 Å². The highest BCUT2D eigenvalue weighted by Gasteiger charge is 2.25. The summed E-state index contributed by atoms with van der Waals surface area (Å²) >= 11 is 0. The van der Waals surface area contributed by atoms with Crippen LogP contribution in [0.15, 0.2) is 30.5 Å². The molecule has 1 aliphatic rings. The summed E-state index contributed by atoms with van der Waals surface area (Å²) in [5.74, 6) is 0.506. The van der Waals surface area contributed by atoms with Crippen LogP contribution in [0, 0.1) is 0 Å². The van der Waals surface area contributed by atoms with Gasteiger partial charge in [0.1, 0.15) is 6.04 Å². The molecule has 0 bridgehead atoms. The first-order chi connectivity index (χ1) is 8.25. The fourth-order valence-corrected chi connectivity index (χ4v) is 1.84. The van der Waals surface area contributed by atoms with Crippen molar-refractivity contribution >= 4 is 11.5 Å². The van der Waals surface area contributed by atoms with Gasteiger partial charge >= 0.3 is 0 Å². The predicted molar refractivity (Wildman–Crippen MR) is 63.2 cm³/mol. The number of aromatic nitrogens is 2. The number of nitrogens with two attached hydrogens (primary N) is 1. The number of para-hydroxylation sites is 1. The summed E-state index contributed by atoms with van der Waals surface area (Å²) in [5.41, 5.74) is 13.7. The average molecular weight is 229 g/mol. The summed E-state index contributed by atoms with van der Waals surface area (Å²) in [6.45, 7) is 0. The van der Waals surface area contributed by atoms with Crippen LogP contribution in [0.3, 0.4) is 0 Å². The van der Waals surface area contributed by atoms with E-state index >= 15 is 0 Å². The molecule has 86 valence electrons. The quantitative estimate of drug-likeness (QED) is 0.577. The van der Waals surface area contributed by atoms with Crippen molar-refractivity contribution in [2.45, 2.75) is 6.04 Å². The Balaban J connectivity index is 2.04. The maximum atomic E-state index is 9.30. The van der Waals surface area contributed by atoms with Gasteiger partial charge in [-0.05, 0) is 6.07 Å². The van der Waals surface area contributed by atoms with Crippen LogP contribution in [0.2, 0.25) is 0 Å². The van der Waals surface area contributed by atoms with Crippen LogP contribution in [0.25, 0.3) is 0 Å². The number of nitrogens with one attached hydrogen (secondary N) is 2. The fourth-order valence-electron chi connectivity index (χ4n) is 1.84. The Labute approximate surface area is 97.5 Å². The van der Waals surface area contributed by atoms with Crippen LogP contribution < -0.4 is 16.6 Å². The smallest absolute Gasteiger partial charge is 0.176 e. The van der Waals surface area contributed by atoms with Crippen molar-refractivity contribution in [2.75, 3.05) is 11.2 Å². The second-order valence-corrected chi connectivity index (χ2v) is 3.79. The molecule has 3 rings (SSSR count). The Hall–Kier alpha value is -2.34. The average Bonchev–Trinajstić information content (AvgIpc) is 2.76. The van der Waals surface area contributed by atoms with E-state index in [1.54, 1.807) is 0 Å². The molecule has 0 spiro atoms. The van der Waals surface area contributed by atoms with Gasteiger partial charge in [0.05, 0.1) is 11.9 Å². The van der Waals surface area contributed by atoms with Crippen molar-refractivity contribution in [1.82, 2.24) is 15.4 Å². The van der Waals surface area contributed by atoms with E-state index in [2.05, 4.69) is 20.8 Å². The first-order valence-electron chi connectivity index (χ1n) is 5.17. The number of hydrazine groups is 1. The van der Waals surface area contributed by atoms with Crippen molar-refractivity contribution in [3.8, 4) is 5.75 Å². The maximum absolute atomic E-state index is 9.30. The lowest BCUT2D eigenvalue weighted by Gasteiger charge is -2.09. The summed E-state index contributed by atoms with van der Waals surface area (Å²) in [4.78, 5) is 8.14. The van der Waals surface area contributed by atoms with E-state index in [1.165, 1.54) is 6.20 Å². The molecule has 0 saturated carbocycles. The molecular formula is C11H11N5O. The zero-order chi connectivity index (χ0) is 11.8. The number of hydrogen-bond donors (Lipinski definition) is 4. The lowest BCUT2D eigenvalue weighted by molar-refractivity contribution is 0.470. The van der Waals surface area contributed by atoms with Gasteiger partial charge in [-0.2, -0.15) is 0 Å². The van der Waals surface area contributed by atoms with E-state index in [-0.39, 0.29) is 17.6 Å². The van der Waals surface area contributed by atoms with Crippen molar-refractivity contribution < 1.29 is 5.11 Å². The van der Waals surface area contributed by atoms with Gasteiger partial charge in [0, 0.05) is 5.56 Å². The molecule has 1 atom stereocenters. The Bertz CT molecular complexity index is 572. The second-order valence-electron chi connectivity index (χ2n) is 3.79. The Morgan fingerprint density at radius 1 is 1.29 bits per heavy atom. The van der Waals surface area contributed by atoms with Crippen LogP contribution in [0.5, 0.6) is 5.75 Å². The number of anilines is 2. The minimum absolute atomic E-state index is 0.0844. The SMILES string of the molecule is Nc1nc(C2NNc3ccccc32)ncc1O. The lowest BCUT2D eigenvalue weighted by Crippen LogP contribution is -2.22. The molecule has 6 nitrogen and oxygen atoms in total. The molecule has 17 heavy (non-hydrogen) atoms. The van der Waals surface area contributed by atoms with Crippen molar-refractivity contribution in [3.63, 3.8) is 0 Å². The highest BCUT2D eigenvalue weighted by Crippen LogP contribution is 2.31. The molecule has 1 unspecified atom stereocenters. The summed E-state index contributed by atoms with van der Waals surface area (Å²) in [6, 6.07) is 7.69. The molecule has 0 fully saturated rings. The van der Waals surface area contributed by atoms with Gasteiger partial charge in [0.25, 0.3) is 0 Å². The minimum atomic E-state index is -0.158. The number of aromatic hydroxyl groups is 1. The van der Waals surface area contributed by atoms with Crippen LogP contribution in [0.1, 0.15) is 17.4 Å². The molecule has 1 aromatic carbocycles. The van der Waals surface area contributed by atoms with Gasteiger partial charge in [-0.15, -0.1) is 0 Å². The van der Waals surface area contributed by atoms with Crippen LogP contribution >= 0.6 is 0 Å². The minimum Gasteiger partial charge on any atom is -0.503 e.